The van der Waals surface area contributed by atoms with Crippen molar-refractivity contribution in [1.29, 1.82) is 0 Å². The van der Waals surface area contributed by atoms with Crippen LogP contribution in [0.4, 0.5) is 8.78 Å². The molecule has 15 heavy (non-hydrogen) atoms. The molecule has 0 aromatic carbocycles. The first-order chi connectivity index (χ1) is 7.08. The molecule has 1 atom stereocenters. The molecule has 1 unspecified atom stereocenters. The van der Waals surface area contributed by atoms with Gasteiger partial charge in [-0.05, 0) is 12.8 Å². The highest BCUT2D eigenvalue weighted by molar-refractivity contribution is 5.11. The topological polar surface area (TPSA) is 27.1 Å². The SMILES string of the molecule is Cn1cc(OCC2CCCC2(F)F)cn1. The third-order valence-electron chi connectivity index (χ3n) is 2.79. The van der Waals surface area contributed by atoms with E-state index in [1.807, 2.05) is 0 Å². The lowest BCUT2D eigenvalue weighted by Crippen LogP contribution is -2.27. The van der Waals surface area contributed by atoms with Gasteiger partial charge in [-0.15, -0.1) is 0 Å². The minimum absolute atomic E-state index is 0.00589. The highest BCUT2D eigenvalue weighted by Crippen LogP contribution is 2.40. The summed E-state index contributed by atoms with van der Waals surface area (Å²) in [5.41, 5.74) is 0. The van der Waals surface area contributed by atoms with E-state index in [4.69, 9.17) is 4.74 Å². The Hall–Kier alpha value is -1.13. The van der Waals surface area contributed by atoms with Gasteiger partial charge in [0.1, 0.15) is 0 Å². The number of ether oxygens (including phenoxy) is 1. The van der Waals surface area contributed by atoms with Gasteiger partial charge in [0, 0.05) is 13.5 Å². The lowest BCUT2D eigenvalue weighted by Gasteiger charge is -2.18. The van der Waals surface area contributed by atoms with E-state index in [0.29, 0.717) is 18.6 Å². The van der Waals surface area contributed by atoms with Gasteiger partial charge in [-0.3, -0.25) is 4.68 Å². The molecule has 1 fully saturated rings. The molecular weight excluding hydrogens is 202 g/mol. The largest absolute Gasteiger partial charge is 0.490 e. The Morgan fingerprint density at radius 2 is 2.47 bits per heavy atom. The second-order valence-electron chi connectivity index (χ2n) is 4.01. The number of aryl methyl sites for hydroxylation is 1. The molecule has 0 saturated heterocycles. The molecule has 0 amide bonds. The Labute approximate surface area is 87.0 Å². The van der Waals surface area contributed by atoms with Crippen molar-refractivity contribution in [3.05, 3.63) is 12.4 Å². The highest BCUT2D eigenvalue weighted by Gasteiger charge is 2.44. The number of hydrogen-bond donors (Lipinski definition) is 0. The lowest BCUT2D eigenvalue weighted by molar-refractivity contribution is -0.0505. The maximum atomic E-state index is 13.2. The minimum Gasteiger partial charge on any atom is -0.490 e. The molecule has 0 radical (unpaired) electrons. The van der Waals surface area contributed by atoms with Crippen molar-refractivity contribution >= 4 is 0 Å². The summed E-state index contributed by atoms with van der Waals surface area (Å²) in [6, 6.07) is 0. The van der Waals surface area contributed by atoms with Gasteiger partial charge in [-0.2, -0.15) is 5.10 Å². The third-order valence-corrected chi connectivity index (χ3v) is 2.79. The summed E-state index contributed by atoms with van der Waals surface area (Å²) >= 11 is 0. The minimum atomic E-state index is -2.55. The van der Waals surface area contributed by atoms with E-state index in [9.17, 15) is 8.78 Å². The first-order valence-corrected chi connectivity index (χ1v) is 5.07. The number of hydrogen-bond acceptors (Lipinski definition) is 2. The van der Waals surface area contributed by atoms with Crippen molar-refractivity contribution < 1.29 is 13.5 Å². The van der Waals surface area contributed by atoms with Gasteiger partial charge in [0.15, 0.2) is 5.75 Å². The summed E-state index contributed by atoms with van der Waals surface area (Å²) in [4.78, 5) is 0. The van der Waals surface area contributed by atoms with Crippen molar-refractivity contribution in [2.24, 2.45) is 13.0 Å². The molecule has 1 aromatic rings. The predicted octanol–water partition coefficient (Wildman–Crippen LogP) is 2.23. The fourth-order valence-electron chi connectivity index (χ4n) is 1.87. The number of nitrogens with zero attached hydrogens (tertiary/aromatic N) is 2. The Kier molecular flexibility index (Phi) is 2.63. The van der Waals surface area contributed by atoms with Gasteiger partial charge < -0.3 is 4.74 Å². The molecule has 5 heteroatoms. The molecule has 1 saturated carbocycles. The van der Waals surface area contributed by atoms with Gasteiger partial charge in [-0.1, -0.05) is 0 Å². The van der Waals surface area contributed by atoms with Crippen LogP contribution in [0.5, 0.6) is 5.75 Å². The summed E-state index contributed by atoms with van der Waals surface area (Å²) in [6.07, 6.45) is 4.34. The summed E-state index contributed by atoms with van der Waals surface area (Å²) in [5.74, 6) is -2.64. The average Bonchev–Trinajstić information content (AvgIpc) is 2.69. The Morgan fingerprint density at radius 3 is 3.00 bits per heavy atom. The van der Waals surface area contributed by atoms with Crippen LogP contribution in [0.1, 0.15) is 19.3 Å². The van der Waals surface area contributed by atoms with Crippen LogP contribution >= 0.6 is 0 Å². The van der Waals surface area contributed by atoms with Gasteiger partial charge in [0.25, 0.3) is 5.92 Å². The standard InChI is InChI=1S/C10H14F2N2O/c1-14-6-9(5-13-14)15-7-8-3-2-4-10(8,11)12/h5-6,8H,2-4,7H2,1H3. The Morgan fingerprint density at radius 1 is 1.67 bits per heavy atom. The average molecular weight is 216 g/mol. The molecule has 1 aliphatic carbocycles. The van der Waals surface area contributed by atoms with Crippen LogP contribution in [-0.2, 0) is 7.05 Å². The molecule has 0 bridgehead atoms. The highest BCUT2D eigenvalue weighted by atomic mass is 19.3. The molecule has 84 valence electrons. The first-order valence-electron chi connectivity index (χ1n) is 5.07. The van der Waals surface area contributed by atoms with Crippen LogP contribution < -0.4 is 4.74 Å². The van der Waals surface area contributed by atoms with Crippen LogP contribution in [-0.4, -0.2) is 22.3 Å². The van der Waals surface area contributed by atoms with Gasteiger partial charge in [0.2, 0.25) is 0 Å². The van der Waals surface area contributed by atoms with E-state index < -0.39 is 11.8 Å². The molecule has 0 N–H and O–H groups in total. The van der Waals surface area contributed by atoms with Crippen molar-refractivity contribution in [2.75, 3.05) is 6.61 Å². The van der Waals surface area contributed by atoms with Crippen molar-refractivity contribution in [3.63, 3.8) is 0 Å². The molecular formula is C10H14F2N2O. The number of aromatic nitrogens is 2. The predicted molar refractivity (Wildman–Crippen MR) is 51.0 cm³/mol. The third kappa shape index (κ3) is 2.27. The van der Waals surface area contributed by atoms with Crippen LogP contribution in [0.15, 0.2) is 12.4 Å². The zero-order valence-corrected chi connectivity index (χ0v) is 8.62. The van der Waals surface area contributed by atoms with Gasteiger partial charge in [0.05, 0.1) is 24.9 Å². The molecule has 2 rings (SSSR count). The smallest absolute Gasteiger partial charge is 0.254 e. The van der Waals surface area contributed by atoms with Crippen molar-refractivity contribution in [3.8, 4) is 5.75 Å². The van der Waals surface area contributed by atoms with E-state index in [1.165, 1.54) is 6.20 Å². The van der Waals surface area contributed by atoms with E-state index >= 15 is 0 Å². The molecule has 1 heterocycles. The molecule has 0 aliphatic heterocycles. The van der Waals surface area contributed by atoms with Gasteiger partial charge in [-0.25, -0.2) is 8.78 Å². The lowest BCUT2D eigenvalue weighted by atomic mass is 10.1. The van der Waals surface area contributed by atoms with Crippen LogP contribution in [0.3, 0.4) is 0 Å². The maximum absolute atomic E-state index is 13.2. The van der Waals surface area contributed by atoms with Crippen LogP contribution in [0.2, 0.25) is 0 Å². The second kappa shape index (κ2) is 3.79. The summed E-state index contributed by atoms with van der Waals surface area (Å²) in [5, 5.41) is 3.90. The molecule has 1 aromatic heterocycles. The van der Waals surface area contributed by atoms with E-state index in [1.54, 1.807) is 17.9 Å². The first kappa shape index (κ1) is 10.4. The quantitative estimate of drug-likeness (QED) is 0.774. The molecule has 3 nitrogen and oxygen atoms in total. The summed E-state index contributed by atoms with van der Waals surface area (Å²) < 4.78 is 33.3. The monoisotopic (exact) mass is 216 g/mol. The zero-order valence-electron chi connectivity index (χ0n) is 8.62. The van der Waals surface area contributed by atoms with Crippen LogP contribution in [0, 0.1) is 5.92 Å². The fourth-order valence-corrected chi connectivity index (χ4v) is 1.87. The van der Waals surface area contributed by atoms with E-state index in [-0.39, 0.29) is 13.0 Å². The maximum Gasteiger partial charge on any atom is 0.254 e. The van der Waals surface area contributed by atoms with E-state index in [2.05, 4.69) is 5.10 Å². The summed E-state index contributed by atoms with van der Waals surface area (Å²) in [6.45, 7) is 0.0820. The molecule has 0 spiro atoms. The second-order valence-corrected chi connectivity index (χ2v) is 4.01. The van der Waals surface area contributed by atoms with E-state index in [0.717, 1.165) is 0 Å². The normalized spacial score (nSPS) is 24.3. The van der Waals surface area contributed by atoms with Crippen molar-refractivity contribution in [1.82, 2.24) is 9.78 Å². The number of alkyl halides is 2. The Balaban J connectivity index is 1.88. The number of halogens is 2. The zero-order chi connectivity index (χ0) is 10.9. The fraction of sp³-hybridized carbons (Fsp3) is 0.700. The van der Waals surface area contributed by atoms with Gasteiger partial charge >= 0.3 is 0 Å². The van der Waals surface area contributed by atoms with Crippen LogP contribution in [0.25, 0.3) is 0 Å². The molecule has 1 aliphatic rings. The van der Waals surface area contributed by atoms with Crippen molar-refractivity contribution in [2.45, 2.75) is 25.2 Å². The summed E-state index contributed by atoms with van der Waals surface area (Å²) in [7, 11) is 1.76. The number of rotatable bonds is 3. The Bertz CT molecular complexity index is 338.